The first kappa shape index (κ1) is 15.3. The van der Waals surface area contributed by atoms with Gasteiger partial charge < -0.3 is 4.90 Å². The van der Waals surface area contributed by atoms with Crippen LogP contribution in [0.15, 0.2) is 54.6 Å². The first-order valence-corrected chi connectivity index (χ1v) is 8.34. The molecule has 0 amide bonds. The molecule has 2 aromatic rings. The summed E-state index contributed by atoms with van der Waals surface area (Å²) in [6.45, 7) is 9.17. The fourth-order valence-electron chi connectivity index (χ4n) is 3.05. The summed E-state index contributed by atoms with van der Waals surface area (Å²) in [6, 6.07) is 19.8. The molecule has 0 radical (unpaired) electrons. The van der Waals surface area contributed by atoms with E-state index in [2.05, 4.69) is 71.3 Å². The predicted molar refractivity (Wildman–Crippen MR) is 93.0 cm³/mol. The van der Waals surface area contributed by atoms with E-state index in [9.17, 15) is 0 Å². The Balaban J connectivity index is 1.41. The molecule has 2 heteroatoms. The van der Waals surface area contributed by atoms with Crippen molar-refractivity contribution in [2.75, 3.05) is 32.7 Å². The Kier molecular flexibility index (Phi) is 5.25. The van der Waals surface area contributed by atoms with Gasteiger partial charge in [0, 0.05) is 39.3 Å². The zero-order valence-corrected chi connectivity index (χ0v) is 13.5. The minimum absolute atomic E-state index is 1.09. The molecule has 116 valence electrons. The van der Waals surface area contributed by atoms with Gasteiger partial charge in [-0.3, -0.25) is 4.90 Å². The van der Waals surface area contributed by atoms with Crippen molar-refractivity contribution in [1.82, 2.24) is 9.80 Å². The van der Waals surface area contributed by atoms with Crippen LogP contribution in [0.4, 0.5) is 0 Å². The molecule has 1 heterocycles. The fourth-order valence-corrected chi connectivity index (χ4v) is 3.05. The zero-order valence-electron chi connectivity index (χ0n) is 13.5. The van der Waals surface area contributed by atoms with Crippen molar-refractivity contribution in [3.05, 3.63) is 71.3 Å². The average molecular weight is 294 g/mol. The van der Waals surface area contributed by atoms with E-state index in [0.29, 0.717) is 0 Å². The van der Waals surface area contributed by atoms with Crippen LogP contribution in [0.5, 0.6) is 0 Å². The van der Waals surface area contributed by atoms with Crippen LogP contribution in [0, 0.1) is 6.92 Å². The maximum Gasteiger partial charge on any atom is 0.0234 e. The van der Waals surface area contributed by atoms with Crippen molar-refractivity contribution in [3.8, 4) is 0 Å². The van der Waals surface area contributed by atoms with E-state index < -0.39 is 0 Å². The molecule has 0 aromatic heterocycles. The van der Waals surface area contributed by atoms with E-state index >= 15 is 0 Å². The second-order valence-corrected chi connectivity index (χ2v) is 6.34. The van der Waals surface area contributed by atoms with E-state index in [0.717, 1.165) is 6.54 Å². The third kappa shape index (κ3) is 4.43. The van der Waals surface area contributed by atoms with Crippen molar-refractivity contribution in [1.29, 1.82) is 0 Å². The minimum Gasteiger partial charge on any atom is -0.300 e. The van der Waals surface area contributed by atoms with Gasteiger partial charge in [-0.15, -0.1) is 0 Å². The number of rotatable bonds is 5. The first-order valence-electron chi connectivity index (χ1n) is 8.34. The lowest BCUT2D eigenvalue weighted by Gasteiger charge is -2.34. The van der Waals surface area contributed by atoms with Crippen LogP contribution in [0.1, 0.15) is 16.7 Å². The Morgan fingerprint density at radius 3 is 2.05 bits per heavy atom. The third-order valence-electron chi connectivity index (χ3n) is 4.55. The van der Waals surface area contributed by atoms with Gasteiger partial charge in [-0.25, -0.2) is 0 Å². The van der Waals surface area contributed by atoms with Crippen LogP contribution in [0.25, 0.3) is 0 Å². The molecule has 0 bridgehead atoms. The second kappa shape index (κ2) is 7.57. The summed E-state index contributed by atoms with van der Waals surface area (Å²) in [4.78, 5) is 5.17. The number of hydrogen-bond acceptors (Lipinski definition) is 2. The molecule has 1 aliphatic rings. The van der Waals surface area contributed by atoms with Crippen LogP contribution >= 0.6 is 0 Å². The standard InChI is InChI=1S/C20H26N2/c1-18-7-9-20(10-8-18)17-22-15-13-21(14-16-22)12-11-19-5-3-2-4-6-19/h2-10H,11-17H2,1H3. The summed E-state index contributed by atoms with van der Waals surface area (Å²) in [5, 5.41) is 0. The summed E-state index contributed by atoms with van der Waals surface area (Å²) in [5.41, 5.74) is 4.22. The van der Waals surface area contributed by atoms with Crippen LogP contribution in [0.3, 0.4) is 0 Å². The first-order chi connectivity index (χ1) is 10.8. The molecule has 22 heavy (non-hydrogen) atoms. The van der Waals surface area contributed by atoms with E-state index in [-0.39, 0.29) is 0 Å². The fraction of sp³-hybridized carbons (Fsp3) is 0.400. The topological polar surface area (TPSA) is 6.48 Å². The molecule has 0 aliphatic carbocycles. The Morgan fingerprint density at radius 1 is 0.727 bits per heavy atom. The van der Waals surface area contributed by atoms with Crippen LogP contribution in [-0.4, -0.2) is 42.5 Å². The summed E-state index contributed by atoms with van der Waals surface area (Å²) in [5.74, 6) is 0. The van der Waals surface area contributed by atoms with Gasteiger partial charge in [0.05, 0.1) is 0 Å². The van der Waals surface area contributed by atoms with Crippen LogP contribution in [-0.2, 0) is 13.0 Å². The number of benzene rings is 2. The summed E-state index contributed by atoms with van der Waals surface area (Å²) >= 11 is 0. The monoisotopic (exact) mass is 294 g/mol. The Labute approximate surface area is 134 Å². The zero-order chi connectivity index (χ0) is 15.2. The van der Waals surface area contributed by atoms with Gasteiger partial charge in [0.1, 0.15) is 0 Å². The number of piperazine rings is 1. The highest BCUT2D eigenvalue weighted by molar-refractivity contribution is 5.21. The second-order valence-electron chi connectivity index (χ2n) is 6.34. The summed E-state index contributed by atoms with van der Waals surface area (Å²) < 4.78 is 0. The molecule has 0 N–H and O–H groups in total. The Morgan fingerprint density at radius 2 is 1.36 bits per heavy atom. The van der Waals surface area contributed by atoms with Crippen molar-refractivity contribution in [3.63, 3.8) is 0 Å². The highest BCUT2D eigenvalue weighted by Gasteiger charge is 2.16. The Hall–Kier alpha value is -1.64. The highest BCUT2D eigenvalue weighted by Crippen LogP contribution is 2.10. The van der Waals surface area contributed by atoms with Gasteiger partial charge in [-0.05, 0) is 24.5 Å². The molecule has 1 saturated heterocycles. The lowest BCUT2D eigenvalue weighted by molar-refractivity contribution is 0.128. The van der Waals surface area contributed by atoms with Crippen LogP contribution < -0.4 is 0 Å². The van der Waals surface area contributed by atoms with Gasteiger partial charge in [-0.2, -0.15) is 0 Å². The molecule has 2 aromatic carbocycles. The SMILES string of the molecule is Cc1ccc(CN2CCN(CCc3ccccc3)CC2)cc1. The number of nitrogens with zero attached hydrogens (tertiary/aromatic N) is 2. The predicted octanol–water partition coefficient (Wildman–Crippen LogP) is 3.36. The molecule has 3 rings (SSSR count). The largest absolute Gasteiger partial charge is 0.300 e. The van der Waals surface area contributed by atoms with Gasteiger partial charge in [0.15, 0.2) is 0 Å². The number of aryl methyl sites for hydroxylation is 1. The van der Waals surface area contributed by atoms with Gasteiger partial charge in [-0.1, -0.05) is 60.2 Å². The maximum atomic E-state index is 2.60. The molecular formula is C20H26N2. The smallest absolute Gasteiger partial charge is 0.0234 e. The van der Waals surface area contributed by atoms with E-state index in [1.165, 1.54) is 55.8 Å². The van der Waals surface area contributed by atoms with Gasteiger partial charge in [0.25, 0.3) is 0 Å². The van der Waals surface area contributed by atoms with Crippen LogP contribution in [0.2, 0.25) is 0 Å². The molecule has 1 aliphatic heterocycles. The Bertz CT molecular complexity index is 554. The molecule has 0 saturated carbocycles. The summed E-state index contributed by atoms with van der Waals surface area (Å²) in [6.07, 6.45) is 1.17. The average Bonchev–Trinajstić information content (AvgIpc) is 2.57. The van der Waals surface area contributed by atoms with Gasteiger partial charge >= 0.3 is 0 Å². The van der Waals surface area contributed by atoms with E-state index in [1.807, 2.05) is 0 Å². The van der Waals surface area contributed by atoms with E-state index in [1.54, 1.807) is 0 Å². The molecule has 0 atom stereocenters. The highest BCUT2D eigenvalue weighted by atomic mass is 15.3. The molecule has 2 nitrogen and oxygen atoms in total. The lowest BCUT2D eigenvalue weighted by Crippen LogP contribution is -2.46. The van der Waals surface area contributed by atoms with E-state index in [4.69, 9.17) is 0 Å². The van der Waals surface area contributed by atoms with Crippen molar-refractivity contribution < 1.29 is 0 Å². The van der Waals surface area contributed by atoms with Crippen molar-refractivity contribution in [2.45, 2.75) is 19.9 Å². The molecule has 0 unspecified atom stereocenters. The quantitative estimate of drug-likeness (QED) is 0.834. The summed E-state index contributed by atoms with van der Waals surface area (Å²) in [7, 11) is 0. The number of hydrogen-bond donors (Lipinski definition) is 0. The molecular weight excluding hydrogens is 268 g/mol. The van der Waals surface area contributed by atoms with Crippen molar-refractivity contribution >= 4 is 0 Å². The lowest BCUT2D eigenvalue weighted by atomic mass is 10.1. The third-order valence-corrected chi connectivity index (χ3v) is 4.55. The normalized spacial score (nSPS) is 16.8. The van der Waals surface area contributed by atoms with Crippen molar-refractivity contribution in [2.24, 2.45) is 0 Å². The minimum atomic E-state index is 1.09. The van der Waals surface area contributed by atoms with Gasteiger partial charge in [0.2, 0.25) is 0 Å². The maximum absolute atomic E-state index is 2.60. The molecule has 1 fully saturated rings. The molecule has 0 spiro atoms.